The van der Waals surface area contributed by atoms with Crippen LogP contribution in [0.5, 0.6) is 11.5 Å². The van der Waals surface area contributed by atoms with Crippen LogP contribution in [-0.4, -0.2) is 90.2 Å². The molecule has 2 spiro atoms. The fourth-order valence-electron chi connectivity index (χ4n) is 12.2. The Morgan fingerprint density at radius 2 is 1.62 bits per heavy atom. The minimum absolute atomic E-state index is 0.0316. The molecule has 10 heteroatoms. The Bertz CT molecular complexity index is 2330. The molecule has 4 saturated heterocycles. The summed E-state index contributed by atoms with van der Waals surface area (Å²) in [6.07, 6.45) is 7.88. The van der Waals surface area contributed by atoms with Gasteiger partial charge in [-0.15, -0.1) is 0 Å². The molecule has 4 fully saturated rings. The highest BCUT2D eigenvalue weighted by atomic mass is 16.5. The highest BCUT2D eigenvalue weighted by Crippen LogP contribution is 2.51. The standard InChI is InChI=1S/C50H54N4O6/c55-37-11-13-39-35(26-37)8-12-38(33-4-2-1-3-5-33)45(39)34-6-9-36(10-7-34)53-24-20-50(21-25-53)27-32(30-60-50)28-52-22-18-49(19-23-52)31-59-46-41-29-54(43-16-17-44(56)51-47(43)57)48(58)40(41)14-15-42(46)49/h1-7,9-11,13-15,26,32,38,43,45,55H,8,12,16-25,27-31H2,(H,51,56,57)/t32?,38-,43?,45+/m1/s1. The van der Waals surface area contributed by atoms with E-state index in [1.807, 2.05) is 18.2 Å². The second-order valence-electron chi connectivity index (χ2n) is 18.8. The van der Waals surface area contributed by atoms with Gasteiger partial charge in [-0.05, 0) is 129 Å². The Kier molecular flexibility index (Phi) is 9.30. The van der Waals surface area contributed by atoms with Crippen LogP contribution in [0.1, 0.15) is 107 Å². The average molecular weight is 807 g/mol. The number of hydrogen-bond donors (Lipinski definition) is 2. The number of nitrogens with zero attached hydrogens (tertiary/aromatic N) is 3. The highest BCUT2D eigenvalue weighted by molar-refractivity contribution is 6.05. The summed E-state index contributed by atoms with van der Waals surface area (Å²) in [7, 11) is 0. The summed E-state index contributed by atoms with van der Waals surface area (Å²) >= 11 is 0. The maximum Gasteiger partial charge on any atom is 0.255 e. The molecular formula is C50H54N4O6. The van der Waals surface area contributed by atoms with Crippen molar-refractivity contribution in [1.82, 2.24) is 15.1 Å². The predicted molar refractivity (Wildman–Crippen MR) is 227 cm³/mol. The van der Waals surface area contributed by atoms with E-state index in [9.17, 15) is 19.5 Å². The third-order valence-corrected chi connectivity index (χ3v) is 15.5. The minimum Gasteiger partial charge on any atom is -0.508 e. The van der Waals surface area contributed by atoms with Gasteiger partial charge in [0.25, 0.3) is 5.91 Å². The molecule has 4 atom stereocenters. The van der Waals surface area contributed by atoms with Crippen molar-refractivity contribution < 1.29 is 29.0 Å². The molecule has 4 aromatic carbocycles. The summed E-state index contributed by atoms with van der Waals surface area (Å²) in [4.78, 5) is 44.6. The van der Waals surface area contributed by atoms with E-state index in [1.54, 1.807) is 4.90 Å². The van der Waals surface area contributed by atoms with Crippen molar-refractivity contribution in [1.29, 1.82) is 0 Å². The number of phenols is 1. The first kappa shape index (κ1) is 37.8. The Morgan fingerprint density at radius 1 is 0.817 bits per heavy atom. The van der Waals surface area contributed by atoms with E-state index >= 15 is 0 Å². The van der Waals surface area contributed by atoms with Crippen LogP contribution >= 0.6 is 0 Å². The number of carbonyl (C=O) groups excluding carboxylic acids is 3. The second kappa shape index (κ2) is 14.8. The van der Waals surface area contributed by atoms with Crippen LogP contribution in [0.2, 0.25) is 0 Å². The summed E-state index contributed by atoms with van der Waals surface area (Å²) in [6, 6.07) is 29.6. The third kappa shape index (κ3) is 6.49. The van der Waals surface area contributed by atoms with Gasteiger partial charge in [0.1, 0.15) is 17.5 Å². The quantitative estimate of drug-likeness (QED) is 0.205. The van der Waals surface area contributed by atoms with Crippen LogP contribution in [0.3, 0.4) is 0 Å². The smallest absolute Gasteiger partial charge is 0.255 e. The molecule has 0 saturated carbocycles. The number of aryl methyl sites for hydroxylation is 1. The van der Waals surface area contributed by atoms with Gasteiger partial charge < -0.3 is 29.3 Å². The summed E-state index contributed by atoms with van der Waals surface area (Å²) in [5.41, 5.74) is 9.22. The maximum atomic E-state index is 13.4. The van der Waals surface area contributed by atoms with E-state index in [4.69, 9.17) is 9.47 Å². The van der Waals surface area contributed by atoms with Crippen LogP contribution < -0.4 is 15.0 Å². The minimum atomic E-state index is -0.626. The number of amides is 3. The molecule has 10 nitrogen and oxygen atoms in total. The fourth-order valence-corrected chi connectivity index (χ4v) is 12.2. The van der Waals surface area contributed by atoms with Gasteiger partial charge in [-0.2, -0.15) is 0 Å². The molecule has 4 aromatic rings. The summed E-state index contributed by atoms with van der Waals surface area (Å²) in [5, 5.41) is 12.7. The van der Waals surface area contributed by atoms with Gasteiger partial charge in [0.2, 0.25) is 11.8 Å². The molecule has 2 unspecified atom stereocenters. The Labute approximate surface area is 351 Å². The summed E-state index contributed by atoms with van der Waals surface area (Å²) in [5.74, 6) is 1.55. The van der Waals surface area contributed by atoms with Crippen LogP contribution in [0.15, 0.2) is 84.9 Å². The molecule has 0 aromatic heterocycles. The molecule has 310 valence electrons. The van der Waals surface area contributed by atoms with Crippen molar-refractivity contribution in [3.8, 4) is 11.5 Å². The molecular weight excluding hydrogens is 753 g/mol. The maximum absolute atomic E-state index is 13.4. The molecule has 60 heavy (non-hydrogen) atoms. The first-order valence-corrected chi connectivity index (χ1v) is 22.3. The van der Waals surface area contributed by atoms with E-state index in [0.717, 1.165) is 95.6 Å². The Hall–Kier alpha value is -5.19. The topological polar surface area (TPSA) is 112 Å². The van der Waals surface area contributed by atoms with Crippen molar-refractivity contribution in [3.05, 3.63) is 124 Å². The Balaban J connectivity index is 0.697. The van der Waals surface area contributed by atoms with Crippen molar-refractivity contribution in [2.75, 3.05) is 50.8 Å². The molecule has 2 N–H and O–H groups in total. The number of rotatable bonds is 6. The van der Waals surface area contributed by atoms with Crippen molar-refractivity contribution in [2.45, 2.75) is 93.2 Å². The summed E-state index contributed by atoms with van der Waals surface area (Å²) < 4.78 is 13.1. The molecule has 3 amide bonds. The lowest BCUT2D eigenvalue weighted by Crippen LogP contribution is -2.52. The van der Waals surface area contributed by atoms with E-state index in [1.165, 1.54) is 33.5 Å². The third-order valence-electron chi connectivity index (χ3n) is 15.5. The number of imide groups is 1. The van der Waals surface area contributed by atoms with Gasteiger partial charge in [0.15, 0.2) is 0 Å². The second-order valence-corrected chi connectivity index (χ2v) is 18.8. The van der Waals surface area contributed by atoms with Crippen LogP contribution in [-0.2, 0) is 32.7 Å². The number of nitrogens with one attached hydrogen (secondary N) is 1. The average Bonchev–Trinajstić information content (AvgIpc) is 3.95. The van der Waals surface area contributed by atoms with Crippen LogP contribution in [0.4, 0.5) is 5.69 Å². The number of anilines is 1. The first-order chi connectivity index (χ1) is 29.2. The predicted octanol–water partition coefficient (Wildman–Crippen LogP) is 6.82. The lowest BCUT2D eigenvalue weighted by atomic mass is 9.69. The zero-order chi connectivity index (χ0) is 40.6. The number of piperidine rings is 3. The molecule has 6 heterocycles. The number of likely N-dealkylation sites (tertiary alicyclic amines) is 1. The van der Waals surface area contributed by atoms with Crippen LogP contribution in [0.25, 0.3) is 0 Å². The van der Waals surface area contributed by atoms with Gasteiger partial charge in [0, 0.05) is 59.8 Å². The summed E-state index contributed by atoms with van der Waals surface area (Å²) in [6.45, 7) is 6.87. The van der Waals surface area contributed by atoms with E-state index in [-0.39, 0.29) is 41.1 Å². The zero-order valence-electron chi connectivity index (χ0n) is 34.2. The monoisotopic (exact) mass is 806 g/mol. The molecule has 1 aliphatic carbocycles. The lowest BCUT2D eigenvalue weighted by molar-refractivity contribution is -0.136. The largest absolute Gasteiger partial charge is 0.508 e. The number of fused-ring (bicyclic) bond motifs is 5. The SMILES string of the molecule is O=C1CCC(N2Cc3c(ccc4c3OCC43CCN(CC4COC5(CCN(c6ccc([C@@H]7c8ccc(O)cc8CC[C@@H]7c7ccccc7)cc6)CC5)C4)CC3)C2=O)C(=O)N1. The van der Waals surface area contributed by atoms with E-state index in [2.05, 4.69) is 81.8 Å². The van der Waals surface area contributed by atoms with Gasteiger partial charge in [-0.1, -0.05) is 54.6 Å². The molecule has 0 radical (unpaired) electrons. The van der Waals surface area contributed by atoms with Crippen molar-refractivity contribution in [2.24, 2.45) is 5.92 Å². The highest BCUT2D eigenvalue weighted by Gasteiger charge is 2.49. The van der Waals surface area contributed by atoms with Crippen molar-refractivity contribution in [3.63, 3.8) is 0 Å². The number of hydrogen-bond acceptors (Lipinski definition) is 8. The first-order valence-electron chi connectivity index (χ1n) is 22.3. The molecule has 0 bridgehead atoms. The zero-order valence-corrected chi connectivity index (χ0v) is 34.2. The molecule has 6 aliphatic heterocycles. The van der Waals surface area contributed by atoms with Crippen molar-refractivity contribution >= 4 is 23.4 Å². The van der Waals surface area contributed by atoms with Gasteiger partial charge in [0.05, 0.1) is 25.4 Å². The van der Waals surface area contributed by atoms with Gasteiger partial charge in [-0.3, -0.25) is 19.7 Å². The van der Waals surface area contributed by atoms with Gasteiger partial charge >= 0.3 is 0 Å². The molecule has 11 rings (SSSR count). The number of carbonyl (C=O) groups is 3. The lowest BCUT2D eigenvalue weighted by Gasteiger charge is -2.41. The number of phenolic OH excluding ortho intramolecular Hbond substituents is 1. The number of aromatic hydroxyl groups is 1. The van der Waals surface area contributed by atoms with E-state index in [0.29, 0.717) is 42.7 Å². The Morgan fingerprint density at radius 3 is 2.40 bits per heavy atom. The van der Waals surface area contributed by atoms with Crippen LogP contribution in [0, 0.1) is 5.92 Å². The fraction of sp³-hybridized carbons (Fsp3) is 0.460. The number of ether oxygens (including phenoxy) is 2. The number of benzene rings is 4. The molecule has 7 aliphatic rings. The van der Waals surface area contributed by atoms with E-state index < -0.39 is 6.04 Å². The normalized spacial score (nSPS) is 26.8. The van der Waals surface area contributed by atoms with Gasteiger partial charge in [-0.25, -0.2) is 0 Å².